The van der Waals surface area contributed by atoms with Crippen molar-refractivity contribution in [3.8, 4) is 11.5 Å². The quantitative estimate of drug-likeness (QED) is 0.328. The van der Waals surface area contributed by atoms with Gasteiger partial charge >= 0.3 is 0 Å². The first-order valence-electron chi connectivity index (χ1n) is 11.1. The summed E-state index contributed by atoms with van der Waals surface area (Å²) in [7, 11) is 0. The lowest BCUT2D eigenvalue weighted by Gasteiger charge is -2.40. The number of hydrogen-bond donors (Lipinski definition) is 0. The van der Waals surface area contributed by atoms with Crippen molar-refractivity contribution in [2.45, 2.75) is 31.1 Å². The first kappa shape index (κ1) is 17.8. The van der Waals surface area contributed by atoms with Crippen LogP contribution in [0.3, 0.4) is 0 Å². The van der Waals surface area contributed by atoms with Crippen LogP contribution in [0.5, 0.6) is 11.5 Å². The van der Waals surface area contributed by atoms with Crippen molar-refractivity contribution in [3.63, 3.8) is 0 Å². The summed E-state index contributed by atoms with van der Waals surface area (Å²) in [6.45, 7) is 0. The fourth-order valence-corrected chi connectivity index (χ4v) is 6.62. The Labute approximate surface area is 190 Å². The molecule has 1 heterocycles. The fraction of sp³-hybridized carbons (Fsp3) is 0.172. The van der Waals surface area contributed by atoms with Crippen LogP contribution >= 0.6 is 15.9 Å². The minimum atomic E-state index is -0.328. The second kappa shape index (κ2) is 6.34. The Morgan fingerprint density at radius 3 is 2.29 bits per heavy atom. The summed E-state index contributed by atoms with van der Waals surface area (Å²) in [5.41, 5.74) is 11.0. The Morgan fingerprint density at radius 1 is 0.774 bits per heavy atom. The van der Waals surface area contributed by atoms with Crippen molar-refractivity contribution in [3.05, 3.63) is 116 Å². The fourth-order valence-electron chi connectivity index (χ4n) is 6.19. The average Bonchev–Trinajstić information content (AvgIpc) is 3.10. The molecule has 7 rings (SSSR count). The van der Waals surface area contributed by atoms with Crippen molar-refractivity contribution in [1.29, 1.82) is 0 Å². The van der Waals surface area contributed by atoms with E-state index in [4.69, 9.17) is 4.74 Å². The standard InChI is InChI=1S/C29H21BrO/c30-19-14-15-21-25(17-19)29(24-16-13-18-7-1-2-8-20(18)28(21)24)22-9-3-5-11-26(22)31-27-12-6-4-10-23(27)29/h1,3-7,9-13,16-17H,2,8,14-15H2. The molecule has 4 aliphatic rings. The third-order valence-electron chi connectivity index (χ3n) is 7.36. The Bertz CT molecular complexity index is 1330. The van der Waals surface area contributed by atoms with Crippen LogP contribution in [0.1, 0.15) is 52.6 Å². The number of halogens is 1. The molecule has 0 atom stereocenters. The molecule has 3 aliphatic carbocycles. The molecule has 0 unspecified atom stereocenters. The lowest BCUT2D eigenvalue weighted by Crippen LogP contribution is -2.33. The number of allylic oxidation sites excluding steroid dienone is 5. The largest absolute Gasteiger partial charge is 0.457 e. The summed E-state index contributed by atoms with van der Waals surface area (Å²) in [6, 6.07) is 22.0. The molecule has 2 heteroatoms. The van der Waals surface area contributed by atoms with Crippen LogP contribution in [0.15, 0.2) is 82.9 Å². The van der Waals surface area contributed by atoms with Gasteiger partial charge in [0.05, 0.1) is 5.41 Å². The zero-order valence-corrected chi connectivity index (χ0v) is 18.7. The Balaban J connectivity index is 1.68. The number of para-hydroxylation sites is 2. The molecule has 0 amide bonds. The van der Waals surface area contributed by atoms with Gasteiger partial charge in [-0.15, -0.1) is 0 Å². The van der Waals surface area contributed by atoms with Gasteiger partial charge in [-0.2, -0.15) is 0 Å². The van der Waals surface area contributed by atoms with E-state index < -0.39 is 0 Å². The molecule has 0 saturated heterocycles. The minimum Gasteiger partial charge on any atom is -0.457 e. The highest BCUT2D eigenvalue weighted by Crippen LogP contribution is 2.64. The predicted octanol–water partition coefficient (Wildman–Crippen LogP) is 7.93. The van der Waals surface area contributed by atoms with E-state index in [0.29, 0.717) is 0 Å². The van der Waals surface area contributed by atoms with Gasteiger partial charge in [-0.25, -0.2) is 0 Å². The third-order valence-corrected chi connectivity index (χ3v) is 7.98. The maximum atomic E-state index is 6.43. The van der Waals surface area contributed by atoms with Crippen molar-refractivity contribution >= 4 is 27.6 Å². The summed E-state index contributed by atoms with van der Waals surface area (Å²) in [6.07, 6.45) is 11.4. The molecule has 3 aromatic carbocycles. The topological polar surface area (TPSA) is 9.23 Å². The molecule has 1 spiro atoms. The van der Waals surface area contributed by atoms with E-state index in [1.807, 2.05) is 0 Å². The van der Waals surface area contributed by atoms with Gasteiger partial charge in [0.25, 0.3) is 0 Å². The number of ether oxygens (including phenoxy) is 1. The molecule has 31 heavy (non-hydrogen) atoms. The van der Waals surface area contributed by atoms with Crippen molar-refractivity contribution in [2.24, 2.45) is 0 Å². The lowest BCUT2D eigenvalue weighted by atomic mass is 9.64. The smallest absolute Gasteiger partial charge is 0.132 e. The van der Waals surface area contributed by atoms with E-state index in [2.05, 4.69) is 94.8 Å². The molecule has 150 valence electrons. The first-order chi connectivity index (χ1) is 15.3. The number of fused-ring (bicyclic) bond motifs is 10. The van der Waals surface area contributed by atoms with Gasteiger partial charge in [0, 0.05) is 11.1 Å². The van der Waals surface area contributed by atoms with Crippen molar-refractivity contribution in [1.82, 2.24) is 0 Å². The highest BCUT2D eigenvalue weighted by Gasteiger charge is 2.52. The molecule has 0 N–H and O–H groups in total. The summed E-state index contributed by atoms with van der Waals surface area (Å²) >= 11 is 3.86. The van der Waals surface area contributed by atoms with Gasteiger partial charge in [0.1, 0.15) is 11.5 Å². The van der Waals surface area contributed by atoms with Gasteiger partial charge in [-0.05, 0) is 81.8 Å². The van der Waals surface area contributed by atoms with Gasteiger partial charge < -0.3 is 4.74 Å². The van der Waals surface area contributed by atoms with Gasteiger partial charge in [-0.3, -0.25) is 0 Å². The average molecular weight is 465 g/mol. The molecule has 0 bridgehead atoms. The van der Waals surface area contributed by atoms with Crippen LogP contribution in [-0.2, 0) is 11.8 Å². The molecule has 0 radical (unpaired) electrons. The highest BCUT2D eigenvalue weighted by molar-refractivity contribution is 9.11. The van der Waals surface area contributed by atoms with Crippen molar-refractivity contribution in [2.75, 3.05) is 0 Å². The van der Waals surface area contributed by atoms with E-state index >= 15 is 0 Å². The highest BCUT2D eigenvalue weighted by atomic mass is 79.9. The van der Waals surface area contributed by atoms with Gasteiger partial charge in [-0.1, -0.05) is 76.6 Å². The van der Waals surface area contributed by atoms with Crippen LogP contribution in [0, 0.1) is 0 Å². The van der Waals surface area contributed by atoms with Gasteiger partial charge in [0.2, 0.25) is 0 Å². The molecular formula is C29H21BrO. The second-order valence-corrected chi connectivity index (χ2v) is 9.84. The van der Waals surface area contributed by atoms with E-state index in [9.17, 15) is 0 Å². The molecule has 3 aromatic rings. The molecule has 0 saturated carbocycles. The first-order valence-corrected chi connectivity index (χ1v) is 11.9. The third kappa shape index (κ3) is 2.21. The predicted molar refractivity (Wildman–Crippen MR) is 130 cm³/mol. The van der Waals surface area contributed by atoms with E-state index in [0.717, 1.165) is 37.2 Å². The van der Waals surface area contributed by atoms with E-state index in [1.165, 1.54) is 49.0 Å². The molecule has 0 aromatic heterocycles. The summed E-state index contributed by atoms with van der Waals surface area (Å²) in [5, 5.41) is 0. The maximum absolute atomic E-state index is 6.43. The zero-order chi connectivity index (χ0) is 20.6. The van der Waals surface area contributed by atoms with E-state index in [1.54, 1.807) is 0 Å². The van der Waals surface area contributed by atoms with Gasteiger partial charge in [0.15, 0.2) is 0 Å². The monoisotopic (exact) mass is 464 g/mol. The minimum absolute atomic E-state index is 0.328. The maximum Gasteiger partial charge on any atom is 0.132 e. The zero-order valence-electron chi connectivity index (χ0n) is 17.1. The SMILES string of the molecule is BrC1=CC2=C(CC1)c1c(ccc3c1CCC=C3)C21c2ccccc2Oc2ccccc21. The van der Waals surface area contributed by atoms with Crippen LogP contribution in [0.4, 0.5) is 0 Å². The Morgan fingerprint density at radius 2 is 1.52 bits per heavy atom. The number of benzene rings is 3. The normalized spacial score (nSPS) is 19.1. The lowest BCUT2D eigenvalue weighted by molar-refractivity contribution is 0.435. The molecule has 1 aliphatic heterocycles. The number of hydrogen-bond acceptors (Lipinski definition) is 1. The van der Waals surface area contributed by atoms with Crippen LogP contribution in [-0.4, -0.2) is 0 Å². The Kier molecular flexibility index (Phi) is 3.64. The van der Waals surface area contributed by atoms with Crippen LogP contribution in [0.2, 0.25) is 0 Å². The van der Waals surface area contributed by atoms with Crippen LogP contribution in [0.25, 0.3) is 11.6 Å². The molecular weight excluding hydrogens is 444 g/mol. The molecule has 1 nitrogen and oxygen atoms in total. The summed E-state index contributed by atoms with van der Waals surface area (Å²) in [5.74, 6) is 1.93. The summed E-state index contributed by atoms with van der Waals surface area (Å²) < 4.78 is 7.72. The number of rotatable bonds is 0. The van der Waals surface area contributed by atoms with Crippen molar-refractivity contribution < 1.29 is 4.74 Å². The second-order valence-electron chi connectivity index (χ2n) is 8.82. The van der Waals surface area contributed by atoms with Crippen LogP contribution < -0.4 is 4.74 Å². The Hall–Kier alpha value is -2.84. The van der Waals surface area contributed by atoms with E-state index in [-0.39, 0.29) is 5.41 Å². The molecule has 0 fully saturated rings. The summed E-state index contributed by atoms with van der Waals surface area (Å²) in [4.78, 5) is 0.